The predicted molar refractivity (Wildman–Crippen MR) is 75.3 cm³/mol. The molecule has 0 radical (unpaired) electrons. The van der Waals surface area contributed by atoms with Crippen molar-refractivity contribution in [3.05, 3.63) is 59.7 Å². The molecule has 0 spiro atoms. The number of alkyl halides is 1. The summed E-state index contributed by atoms with van der Waals surface area (Å²) in [5, 5.41) is 0. The van der Waals surface area contributed by atoms with Crippen LogP contribution in [-0.4, -0.2) is 9.55 Å². The van der Waals surface area contributed by atoms with Gasteiger partial charge in [0.2, 0.25) is 0 Å². The predicted octanol–water partition coefficient (Wildman–Crippen LogP) is 4.21. The van der Waals surface area contributed by atoms with Crippen molar-refractivity contribution in [1.82, 2.24) is 9.55 Å². The molecule has 0 saturated carbocycles. The summed E-state index contributed by atoms with van der Waals surface area (Å²) in [5.74, 6) is 0.722. The first-order valence-electron chi connectivity index (χ1n) is 5.99. The fourth-order valence-electron chi connectivity index (χ4n) is 2.24. The molecule has 2 nitrogen and oxygen atoms in total. The SMILES string of the molecule is Cc1cccc(-n2c(CCl)nc3ccc(F)cc32)c1. The van der Waals surface area contributed by atoms with Crippen molar-refractivity contribution in [3.8, 4) is 5.69 Å². The molecule has 0 bridgehead atoms. The van der Waals surface area contributed by atoms with Crippen molar-refractivity contribution in [2.24, 2.45) is 0 Å². The molecule has 1 aromatic heterocycles. The van der Waals surface area contributed by atoms with Crippen molar-refractivity contribution in [3.63, 3.8) is 0 Å². The second-order valence-electron chi connectivity index (χ2n) is 4.47. The van der Waals surface area contributed by atoms with Crippen molar-refractivity contribution in [2.45, 2.75) is 12.8 Å². The average molecular weight is 275 g/mol. The van der Waals surface area contributed by atoms with Crippen LogP contribution in [0.1, 0.15) is 11.4 Å². The second kappa shape index (κ2) is 4.67. The summed E-state index contributed by atoms with van der Waals surface area (Å²) in [7, 11) is 0. The average Bonchev–Trinajstić information content (AvgIpc) is 2.76. The third-order valence-electron chi connectivity index (χ3n) is 3.07. The van der Waals surface area contributed by atoms with Gasteiger partial charge in [0.25, 0.3) is 0 Å². The number of imidazole rings is 1. The summed E-state index contributed by atoms with van der Waals surface area (Å²) < 4.78 is 15.4. The lowest BCUT2D eigenvalue weighted by molar-refractivity contribution is 0.629. The Kier molecular flexibility index (Phi) is 2.99. The normalized spacial score (nSPS) is 11.1. The Labute approximate surface area is 115 Å². The molecule has 4 heteroatoms. The van der Waals surface area contributed by atoms with Crippen LogP contribution in [0.15, 0.2) is 42.5 Å². The van der Waals surface area contributed by atoms with Crippen LogP contribution in [0.2, 0.25) is 0 Å². The quantitative estimate of drug-likeness (QED) is 0.640. The monoisotopic (exact) mass is 274 g/mol. The molecule has 3 aromatic rings. The van der Waals surface area contributed by atoms with Crippen LogP contribution in [0.5, 0.6) is 0 Å². The summed E-state index contributed by atoms with van der Waals surface area (Å²) in [6.07, 6.45) is 0. The lowest BCUT2D eigenvalue weighted by Gasteiger charge is -2.08. The fourth-order valence-corrected chi connectivity index (χ4v) is 2.42. The molecule has 1 heterocycles. The number of fused-ring (bicyclic) bond motifs is 1. The number of benzene rings is 2. The molecular weight excluding hydrogens is 263 g/mol. The summed E-state index contributed by atoms with van der Waals surface area (Å²) in [5.41, 5.74) is 3.57. The van der Waals surface area contributed by atoms with E-state index in [1.54, 1.807) is 6.07 Å². The highest BCUT2D eigenvalue weighted by Crippen LogP contribution is 2.24. The van der Waals surface area contributed by atoms with Gasteiger partial charge in [0.1, 0.15) is 11.6 Å². The van der Waals surface area contributed by atoms with E-state index in [1.165, 1.54) is 12.1 Å². The number of aromatic nitrogens is 2. The third-order valence-corrected chi connectivity index (χ3v) is 3.30. The lowest BCUT2D eigenvalue weighted by atomic mass is 10.2. The highest BCUT2D eigenvalue weighted by atomic mass is 35.5. The van der Waals surface area contributed by atoms with Gasteiger partial charge in [-0.1, -0.05) is 12.1 Å². The molecular formula is C15H12ClFN2. The molecule has 2 aromatic carbocycles. The molecule has 0 aliphatic rings. The molecule has 19 heavy (non-hydrogen) atoms. The third kappa shape index (κ3) is 2.10. The van der Waals surface area contributed by atoms with Gasteiger partial charge in [-0.05, 0) is 36.8 Å². The zero-order chi connectivity index (χ0) is 13.4. The van der Waals surface area contributed by atoms with Gasteiger partial charge in [0, 0.05) is 11.8 Å². The number of aryl methyl sites for hydroxylation is 1. The highest BCUT2D eigenvalue weighted by molar-refractivity contribution is 6.17. The molecule has 0 atom stereocenters. The first-order valence-corrected chi connectivity index (χ1v) is 6.52. The van der Waals surface area contributed by atoms with Crippen molar-refractivity contribution >= 4 is 22.6 Å². The number of nitrogens with zero attached hydrogens (tertiary/aromatic N) is 2. The van der Waals surface area contributed by atoms with Crippen LogP contribution >= 0.6 is 11.6 Å². The standard InChI is InChI=1S/C15H12ClFN2/c1-10-3-2-4-12(7-10)19-14-8-11(17)5-6-13(14)18-15(19)9-16/h2-8H,9H2,1H3. The topological polar surface area (TPSA) is 17.8 Å². The first-order chi connectivity index (χ1) is 9.19. The number of hydrogen-bond acceptors (Lipinski definition) is 1. The maximum absolute atomic E-state index is 13.5. The van der Waals surface area contributed by atoms with E-state index in [9.17, 15) is 4.39 Å². The number of halogens is 2. The molecule has 96 valence electrons. The van der Waals surface area contributed by atoms with Crippen LogP contribution in [0.4, 0.5) is 4.39 Å². The van der Waals surface area contributed by atoms with Crippen LogP contribution in [0.25, 0.3) is 16.7 Å². The van der Waals surface area contributed by atoms with E-state index in [1.807, 2.05) is 35.8 Å². The van der Waals surface area contributed by atoms with Gasteiger partial charge < -0.3 is 0 Å². The lowest BCUT2D eigenvalue weighted by Crippen LogP contribution is -1.99. The Morgan fingerprint density at radius 3 is 2.79 bits per heavy atom. The zero-order valence-corrected chi connectivity index (χ0v) is 11.2. The van der Waals surface area contributed by atoms with Crippen molar-refractivity contribution < 1.29 is 4.39 Å². The second-order valence-corrected chi connectivity index (χ2v) is 4.74. The van der Waals surface area contributed by atoms with E-state index >= 15 is 0 Å². The number of rotatable bonds is 2. The zero-order valence-electron chi connectivity index (χ0n) is 10.4. The Morgan fingerprint density at radius 2 is 2.05 bits per heavy atom. The summed E-state index contributed by atoms with van der Waals surface area (Å²) in [4.78, 5) is 4.44. The minimum Gasteiger partial charge on any atom is -0.295 e. The Morgan fingerprint density at radius 1 is 1.21 bits per heavy atom. The maximum atomic E-state index is 13.5. The largest absolute Gasteiger partial charge is 0.295 e. The first kappa shape index (κ1) is 12.2. The molecule has 0 N–H and O–H groups in total. The molecule has 0 saturated heterocycles. The number of hydrogen-bond donors (Lipinski definition) is 0. The Hall–Kier alpha value is -1.87. The van der Waals surface area contributed by atoms with Gasteiger partial charge in [-0.15, -0.1) is 11.6 Å². The van der Waals surface area contributed by atoms with Gasteiger partial charge in [-0.25, -0.2) is 9.37 Å². The van der Waals surface area contributed by atoms with Crippen molar-refractivity contribution in [2.75, 3.05) is 0 Å². The Balaban J connectivity index is 2.34. The molecule has 0 unspecified atom stereocenters. The summed E-state index contributed by atoms with van der Waals surface area (Å²) in [6, 6.07) is 12.6. The van der Waals surface area contributed by atoms with E-state index in [0.29, 0.717) is 5.82 Å². The van der Waals surface area contributed by atoms with E-state index < -0.39 is 0 Å². The summed E-state index contributed by atoms with van der Waals surface area (Å²) >= 11 is 5.96. The smallest absolute Gasteiger partial charge is 0.129 e. The van der Waals surface area contributed by atoms with Crippen LogP contribution in [0, 0.1) is 12.7 Å². The molecule has 0 fully saturated rings. The minimum atomic E-state index is -0.276. The van der Waals surface area contributed by atoms with E-state index in [4.69, 9.17) is 11.6 Å². The van der Waals surface area contributed by atoms with E-state index in [2.05, 4.69) is 4.98 Å². The van der Waals surface area contributed by atoms with Crippen LogP contribution < -0.4 is 0 Å². The molecule has 0 amide bonds. The van der Waals surface area contributed by atoms with E-state index in [-0.39, 0.29) is 11.7 Å². The molecule has 3 rings (SSSR count). The van der Waals surface area contributed by atoms with Gasteiger partial charge >= 0.3 is 0 Å². The van der Waals surface area contributed by atoms with Gasteiger partial charge in [0.15, 0.2) is 0 Å². The van der Waals surface area contributed by atoms with Gasteiger partial charge in [0.05, 0.1) is 16.9 Å². The Bertz CT molecular complexity index is 749. The van der Waals surface area contributed by atoms with Crippen LogP contribution in [-0.2, 0) is 5.88 Å². The highest BCUT2D eigenvalue weighted by Gasteiger charge is 2.12. The summed E-state index contributed by atoms with van der Waals surface area (Å²) in [6.45, 7) is 2.02. The minimum absolute atomic E-state index is 0.276. The van der Waals surface area contributed by atoms with Crippen LogP contribution in [0.3, 0.4) is 0 Å². The van der Waals surface area contributed by atoms with Gasteiger partial charge in [-0.2, -0.15) is 0 Å². The van der Waals surface area contributed by atoms with Gasteiger partial charge in [-0.3, -0.25) is 4.57 Å². The molecule has 0 aliphatic heterocycles. The fraction of sp³-hybridized carbons (Fsp3) is 0.133. The van der Waals surface area contributed by atoms with E-state index in [0.717, 1.165) is 22.3 Å². The van der Waals surface area contributed by atoms with Crippen molar-refractivity contribution in [1.29, 1.82) is 0 Å². The molecule has 0 aliphatic carbocycles. The maximum Gasteiger partial charge on any atom is 0.129 e.